The number of hydrogen-bond acceptors (Lipinski definition) is 3. The van der Waals surface area contributed by atoms with Crippen LogP contribution in [0.2, 0.25) is 0 Å². The fourth-order valence-corrected chi connectivity index (χ4v) is 1.15. The standard InChI is InChI=1S/C8H16N4/c1-6(2)8-7(4-5-9-3)10-12-11-8/h6,9H,4-5H2,1-3H3,(H,10,11,12). The first-order valence-electron chi connectivity index (χ1n) is 4.29. The lowest BCUT2D eigenvalue weighted by Crippen LogP contribution is -2.11. The summed E-state index contributed by atoms with van der Waals surface area (Å²) >= 11 is 0. The van der Waals surface area contributed by atoms with Gasteiger partial charge in [0, 0.05) is 13.0 Å². The summed E-state index contributed by atoms with van der Waals surface area (Å²) < 4.78 is 0. The molecule has 2 N–H and O–H groups in total. The van der Waals surface area contributed by atoms with Gasteiger partial charge in [-0.1, -0.05) is 13.8 Å². The number of likely N-dealkylation sites (N-methyl/N-ethyl adjacent to an activating group) is 1. The van der Waals surface area contributed by atoms with Crippen molar-refractivity contribution >= 4 is 0 Å². The molecule has 0 saturated carbocycles. The first-order valence-corrected chi connectivity index (χ1v) is 4.29. The minimum Gasteiger partial charge on any atom is -0.319 e. The molecule has 1 aromatic rings. The molecule has 68 valence electrons. The minimum absolute atomic E-state index is 0.454. The van der Waals surface area contributed by atoms with Crippen LogP contribution in [0.15, 0.2) is 0 Å². The summed E-state index contributed by atoms with van der Waals surface area (Å²) in [6, 6.07) is 0. The molecule has 0 aromatic carbocycles. The number of nitrogens with one attached hydrogen (secondary N) is 2. The van der Waals surface area contributed by atoms with E-state index in [9.17, 15) is 0 Å². The Morgan fingerprint density at radius 2 is 2.17 bits per heavy atom. The van der Waals surface area contributed by atoms with Crippen LogP contribution in [0.5, 0.6) is 0 Å². The highest BCUT2D eigenvalue weighted by atomic mass is 15.3. The highest BCUT2D eigenvalue weighted by Gasteiger charge is 2.09. The van der Waals surface area contributed by atoms with E-state index in [0.717, 1.165) is 24.4 Å². The SMILES string of the molecule is CNCCc1n[nH]nc1C(C)C. The number of nitrogens with zero attached hydrogens (tertiary/aromatic N) is 2. The molecule has 12 heavy (non-hydrogen) atoms. The highest BCUT2D eigenvalue weighted by Crippen LogP contribution is 2.13. The molecular formula is C8H16N4. The second-order valence-corrected chi connectivity index (χ2v) is 3.16. The topological polar surface area (TPSA) is 53.6 Å². The third kappa shape index (κ3) is 2.04. The molecule has 0 aliphatic heterocycles. The van der Waals surface area contributed by atoms with Gasteiger partial charge in [0.15, 0.2) is 0 Å². The van der Waals surface area contributed by atoms with E-state index in [1.165, 1.54) is 0 Å². The molecule has 4 nitrogen and oxygen atoms in total. The summed E-state index contributed by atoms with van der Waals surface area (Å²) in [6.45, 7) is 5.20. The molecule has 1 rings (SSSR count). The average Bonchev–Trinajstić information content (AvgIpc) is 2.48. The van der Waals surface area contributed by atoms with Crippen LogP contribution >= 0.6 is 0 Å². The summed E-state index contributed by atoms with van der Waals surface area (Å²) in [5.41, 5.74) is 2.17. The first kappa shape index (κ1) is 9.19. The molecule has 1 aromatic heterocycles. The predicted octanol–water partition coefficient (Wildman–Crippen LogP) is 0.690. The quantitative estimate of drug-likeness (QED) is 0.695. The van der Waals surface area contributed by atoms with Gasteiger partial charge in [-0.05, 0) is 13.0 Å². The zero-order valence-electron chi connectivity index (χ0n) is 7.89. The number of aromatic nitrogens is 3. The van der Waals surface area contributed by atoms with Gasteiger partial charge >= 0.3 is 0 Å². The minimum atomic E-state index is 0.454. The van der Waals surface area contributed by atoms with Crippen molar-refractivity contribution in [2.24, 2.45) is 0 Å². The zero-order chi connectivity index (χ0) is 8.97. The lowest BCUT2D eigenvalue weighted by atomic mass is 10.1. The van der Waals surface area contributed by atoms with Crippen molar-refractivity contribution in [1.82, 2.24) is 20.7 Å². The second kappa shape index (κ2) is 4.21. The second-order valence-electron chi connectivity index (χ2n) is 3.16. The van der Waals surface area contributed by atoms with E-state index in [2.05, 4.69) is 34.6 Å². The largest absolute Gasteiger partial charge is 0.319 e. The Bertz CT molecular complexity index is 229. The van der Waals surface area contributed by atoms with Crippen LogP contribution in [-0.2, 0) is 6.42 Å². The van der Waals surface area contributed by atoms with Gasteiger partial charge in [0.2, 0.25) is 0 Å². The van der Waals surface area contributed by atoms with Crippen LogP contribution in [0.3, 0.4) is 0 Å². The lowest BCUT2D eigenvalue weighted by Gasteiger charge is -2.02. The maximum Gasteiger partial charge on any atom is 0.0882 e. The normalized spacial score (nSPS) is 11.0. The van der Waals surface area contributed by atoms with Gasteiger partial charge in [-0.15, -0.1) is 0 Å². The van der Waals surface area contributed by atoms with Gasteiger partial charge in [-0.3, -0.25) is 0 Å². The Hall–Kier alpha value is -0.900. The average molecular weight is 168 g/mol. The van der Waals surface area contributed by atoms with E-state index in [0.29, 0.717) is 5.92 Å². The van der Waals surface area contributed by atoms with Gasteiger partial charge in [0.1, 0.15) is 0 Å². The summed E-state index contributed by atoms with van der Waals surface area (Å²) in [5, 5.41) is 14.0. The van der Waals surface area contributed by atoms with Crippen LogP contribution in [0.1, 0.15) is 31.2 Å². The molecule has 0 radical (unpaired) electrons. The van der Waals surface area contributed by atoms with Gasteiger partial charge in [0.25, 0.3) is 0 Å². The Balaban J connectivity index is 2.64. The Kier molecular flexibility index (Phi) is 3.22. The molecule has 0 unspecified atom stereocenters. The van der Waals surface area contributed by atoms with E-state index < -0.39 is 0 Å². The van der Waals surface area contributed by atoms with Crippen LogP contribution < -0.4 is 5.32 Å². The first-order chi connectivity index (χ1) is 5.75. The van der Waals surface area contributed by atoms with E-state index in [-0.39, 0.29) is 0 Å². The summed E-state index contributed by atoms with van der Waals surface area (Å²) in [6.07, 6.45) is 0.945. The Labute approximate surface area is 72.8 Å². The van der Waals surface area contributed by atoms with Gasteiger partial charge in [-0.2, -0.15) is 15.4 Å². The summed E-state index contributed by atoms with van der Waals surface area (Å²) in [7, 11) is 1.94. The smallest absolute Gasteiger partial charge is 0.0882 e. The predicted molar refractivity (Wildman–Crippen MR) is 48.1 cm³/mol. The third-order valence-corrected chi connectivity index (χ3v) is 1.81. The van der Waals surface area contributed by atoms with Gasteiger partial charge in [-0.25, -0.2) is 0 Å². The number of hydrogen-bond donors (Lipinski definition) is 2. The molecule has 0 aliphatic carbocycles. The molecule has 0 saturated heterocycles. The number of aromatic amines is 1. The molecule has 4 heteroatoms. The van der Waals surface area contributed by atoms with Crippen molar-refractivity contribution in [3.63, 3.8) is 0 Å². The van der Waals surface area contributed by atoms with Crippen molar-refractivity contribution in [2.45, 2.75) is 26.2 Å². The van der Waals surface area contributed by atoms with Crippen molar-refractivity contribution in [1.29, 1.82) is 0 Å². The molecule has 0 fully saturated rings. The Morgan fingerprint density at radius 1 is 1.42 bits per heavy atom. The summed E-state index contributed by atoms with van der Waals surface area (Å²) in [5.74, 6) is 0.454. The molecule has 0 amide bonds. The molecule has 0 bridgehead atoms. The van der Waals surface area contributed by atoms with Crippen molar-refractivity contribution in [2.75, 3.05) is 13.6 Å². The van der Waals surface area contributed by atoms with Crippen molar-refractivity contribution in [3.05, 3.63) is 11.4 Å². The van der Waals surface area contributed by atoms with Crippen LogP contribution in [0.25, 0.3) is 0 Å². The zero-order valence-corrected chi connectivity index (χ0v) is 7.89. The molecule has 0 atom stereocenters. The van der Waals surface area contributed by atoms with E-state index in [1.54, 1.807) is 0 Å². The molecule has 0 spiro atoms. The molecule has 1 heterocycles. The number of H-pyrrole nitrogens is 1. The monoisotopic (exact) mass is 168 g/mol. The molecule has 0 aliphatic rings. The van der Waals surface area contributed by atoms with E-state index in [1.807, 2.05) is 7.05 Å². The maximum atomic E-state index is 4.10. The van der Waals surface area contributed by atoms with E-state index in [4.69, 9.17) is 0 Å². The highest BCUT2D eigenvalue weighted by molar-refractivity contribution is 5.12. The van der Waals surface area contributed by atoms with Crippen LogP contribution in [0, 0.1) is 0 Å². The third-order valence-electron chi connectivity index (χ3n) is 1.81. The molecular weight excluding hydrogens is 152 g/mol. The van der Waals surface area contributed by atoms with Crippen molar-refractivity contribution in [3.8, 4) is 0 Å². The fraction of sp³-hybridized carbons (Fsp3) is 0.750. The maximum absolute atomic E-state index is 4.10. The van der Waals surface area contributed by atoms with Crippen LogP contribution in [-0.4, -0.2) is 29.0 Å². The fourth-order valence-electron chi connectivity index (χ4n) is 1.15. The van der Waals surface area contributed by atoms with Gasteiger partial charge in [0.05, 0.1) is 11.4 Å². The van der Waals surface area contributed by atoms with Gasteiger partial charge < -0.3 is 5.32 Å². The summed E-state index contributed by atoms with van der Waals surface area (Å²) in [4.78, 5) is 0. The van der Waals surface area contributed by atoms with E-state index >= 15 is 0 Å². The van der Waals surface area contributed by atoms with Crippen LogP contribution in [0.4, 0.5) is 0 Å². The number of rotatable bonds is 4. The Morgan fingerprint density at radius 3 is 2.75 bits per heavy atom. The lowest BCUT2D eigenvalue weighted by molar-refractivity contribution is 0.750. The van der Waals surface area contributed by atoms with Crippen molar-refractivity contribution < 1.29 is 0 Å².